The van der Waals surface area contributed by atoms with Crippen LogP contribution in [0.4, 0.5) is 5.69 Å². The van der Waals surface area contributed by atoms with Crippen molar-refractivity contribution in [1.82, 2.24) is 4.98 Å². The van der Waals surface area contributed by atoms with E-state index in [2.05, 4.69) is 4.98 Å². The van der Waals surface area contributed by atoms with Gasteiger partial charge in [0.25, 0.3) is 0 Å². The first-order chi connectivity index (χ1) is 8.27. The van der Waals surface area contributed by atoms with Crippen LogP contribution in [0.15, 0.2) is 53.7 Å². The molecule has 4 heteroatoms. The maximum absolute atomic E-state index is 11.9. The van der Waals surface area contributed by atoms with Crippen molar-refractivity contribution in [2.75, 3.05) is 11.5 Å². The van der Waals surface area contributed by atoms with Crippen LogP contribution in [0, 0.1) is 0 Å². The molecule has 0 aliphatic heterocycles. The molecule has 1 aromatic carbocycles. The van der Waals surface area contributed by atoms with E-state index >= 15 is 0 Å². The normalized spacial score (nSPS) is 10.1. The van der Waals surface area contributed by atoms with Crippen molar-refractivity contribution in [3.05, 3.63) is 54.4 Å². The second-order valence-electron chi connectivity index (χ2n) is 3.49. The maximum Gasteiger partial charge on any atom is 0.176 e. The Morgan fingerprint density at radius 3 is 2.71 bits per heavy atom. The van der Waals surface area contributed by atoms with Gasteiger partial charge in [0, 0.05) is 23.0 Å². The smallest absolute Gasteiger partial charge is 0.176 e. The Balaban J connectivity index is 2.01. The molecule has 0 aliphatic carbocycles. The predicted molar refractivity (Wildman–Crippen MR) is 70.1 cm³/mol. The van der Waals surface area contributed by atoms with Crippen LogP contribution in [0.1, 0.15) is 10.4 Å². The van der Waals surface area contributed by atoms with Crippen LogP contribution in [-0.4, -0.2) is 16.5 Å². The maximum atomic E-state index is 11.9. The van der Waals surface area contributed by atoms with Crippen molar-refractivity contribution in [3.63, 3.8) is 0 Å². The molecule has 17 heavy (non-hydrogen) atoms. The zero-order chi connectivity index (χ0) is 12.1. The Hall–Kier alpha value is -1.81. The highest BCUT2D eigenvalue weighted by atomic mass is 32.2. The summed E-state index contributed by atoms with van der Waals surface area (Å²) in [6.45, 7) is 0. The number of benzene rings is 1. The van der Waals surface area contributed by atoms with Gasteiger partial charge >= 0.3 is 0 Å². The molecule has 0 aliphatic rings. The number of anilines is 1. The van der Waals surface area contributed by atoms with Gasteiger partial charge in [-0.2, -0.15) is 0 Å². The van der Waals surface area contributed by atoms with Gasteiger partial charge in [0.05, 0.1) is 11.3 Å². The fourth-order valence-corrected chi connectivity index (χ4v) is 2.18. The molecular formula is C13H12N2OS. The largest absolute Gasteiger partial charge is 0.398 e. The van der Waals surface area contributed by atoms with Crippen LogP contribution < -0.4 is 5.73 Å². The Bertz CT molecular complexity index is 514. The van der Waals surface area contributed by atoms with Crippen LogP contribution in [0.3, 0.4) is 0 Å². The molecule has 0 saturated heterocycles. The number of Topliss-reactive ketones (excluding diaryl/α,β-unsaturated/α-hetero) is 1. The fraction of sp³-hybridized carbons (Fsp3) is 0.0769. The van der Waals surface area contributed by atoms with Crippen molar-refractivity contribution in [2.24, 2.45) is 0 Å². The van der Waals surface area contributed by atoms with Gasteiger partial charge in [-0.25, -0.2) is 0 Å². The number of ketones is 1. The molecule has 0 radical (unpaired) electrons. The average molecular weight is 244 g/mol. The van der Waals surface area contributed by atoms with E-state index in [9.17, 15) is 4.79 Å². The van der Waals surface area contributed by atoms with Gasteiger partial charge < -0.3 is 5.73 Å². The number of hydrogen-bond acceptors (Lipinski definition) is 4. The summed E-state index contributed by atoms with van der Waals surface area (Å²) in [4.78, 5) is 16.9. The Labute approximate surface area is 104 Å². The standard InChI is InChI=1S/C13H12N2OS/c14-12-6-7-15-8-11(12)13(16)9-17-10-4-2-1-3-5-10/h1-8H,9H2,(H2,14,15). The molecule has 2 aromatic rings. The highest BCUT2D eigenvalue weighted by Crippen LogP contribution is 2.19. The molecule has 0 spiro atoms. The lowest BCUT2D eigenvalue weighted by Crippen LogP contribution is -2.06. The van der Waals surface area contributed by atoms with Crippen LogP contribution in [0.25, 0.3) is 0 Å². The number of carbonyl (C=O) groups excluding carboxylic acids is 1. The van der Waals surface area contributed by atoms with Crippen LogP contribution >= 0.6 is 11.8 Å². The molecule has 0 unspecified atom stereocenters. The van der Waals surface area contributed by atoms with E-state index in [4.69, 9.17) is 5.73 Å². The summed E-state index contributed by atoms with van der Waals surface area (Å²) in [7, 11) is 0. The molecule has 0 atom stereocenters. The van der Waals surface area contributed by atoms with Crippen molar-refractivity contribution in [3.8, 4) is 0 Å². The van der Waals surface area contributed by atoms with Crippen LogP contribution in [0.2, 0.25) is 0 Å². The second-order valence-corrected chi connectivity index (χ2v) is 4.54. The van der Waals surface area contributed by atoms with E-state index in [1.54, 1.807) is 12.3 Å². The van der Waals surface area contributed by atoms with Crippen LogP contribution in [0.5, 0.6) is 0 Å². The second kappa shape index (κ2) is 5.50. The van der Waals surface area contributed by atoms with Crippen molar-refractivity contribution in [1.29, 1.82) is 0 Å². The molecule has 86 valence electrons. The molecule has 2 rings (SSSR count). The molecule has 3 nitrogen and oxygen atoms in total. The van der Waals surface area contributed by atoms with E-state index in [0.717, 1.165) is 4.90 Å². The number of pyridine rings is 1. The van der Waals surface area contributed by atoms with Gasteiger partial charge in [0.1, 0.15) is 0 Å². The fourth-order valence-electron chi connectivity index (χ4n) is 1.38. The zero-order valence-corrected chi connectivity index (χ0v) is 9.98. The SMILES string of the molecule is Nc1ccncc1C(=O)CSc1ccccc1. The summed E-state index contributed by atoms with van der Waals surface area (Å²) in [5.41, 5.74) is 6.70. The topological polar surface area (TPSA) is 56.0 Å². The minimum Gasteiger partial charge on any atom is -0.398 e. The number of nitrogen functional groups attached to an aromatic ring is 1. The number of thioether (sulfide) groups is 1. The van der Waals surface area contributed by atoms with E-state index in [1.807, 2.05) is 30.3 Å². The third-order valence-electron chi connectivity index (χ3n) is 2.27. The lowest BCUT2D eigenvalue weighted by molar-refractivity contribution is 0.102. The Morgan fingerprint density at radius 2 is 2.00 bits per heavy atom. The minimum atomic E-state index is 0.00412. The molecule has 2 N–H and O–H groups in total. The number of nitrogens with two attached hydrogens (primary N) is 1. The molecule has 1 aromatic heterocycles. The van der Waals surface area contributed by atoms with Gasteiger partial charge in [0.15, 0.2) is 5.78 Å². The van der Waals surface area contributed by atoms with Gasteiger partial charge in [-0.05, 0) is 18.2 Å². The summed E-state index contributed by atoms with van der Waals surface area (Å²) >= 11 is 1.50. The molecule has 0 saturated carbocycles. The van der Waals surface area contributed by atoms with Gasteiger partial charge in [0.2, 0.25) is 0 Å². The molecule has 0 amide bonds. The molecular weight excluding hydrogens is 232 g/mol. The monoisotopic (exact) mass is 244 g/mol. The van der Waals surface area contributed by atoms with Crippen LogP contribution in [-0.2, 0) is 0 Å². The number of hydrogen-bond donors (Lipinski definition) is 1. The van der Waals surface area contributed by atoms with Crippen molar-refractivity contribution < 1.29 is 4.79 Å². The first-order valence-electron chi connectivity index (χ1n) is 5.18. The number of rotatable bonds is 4. The first-order valence-corrected chi connectivity index (χ1v) is 6.16. The third kappa shape index (κ3) is 3.07. The summed E-state index contributed by atoms with van der Waals surface area (Å²) < 4.78 is 0. The predicted octanol–water partition coefficient (Wildman–Crippen LogP) is 2.64. The van der Waals surface area contributed by atoms with E-state index < -0.39 is 0 Å². The Kier molecular flexibility index (Phi) is 3.77. The van der Waals surface area contributed by atoms with E-state index in [1.165, 1.54) is 18.0 Å². The van der Waals surface area contributed by atoms with E-state index in [0.29, 0.717) is 17.0 Å². The zero-order valence-electron chi connectivity index (χ0n) is 9.17. The quantitative estimate of drug-likeness (QED) is 0.663. The summed E-state index contributed by atoms with van der Waals surface area (Å²) in [5, 5.41) is 0. The minimum absolute atomic E-state index is 0.00412. The third-order valence-corrected chi connectivity index (χ3v) is 3.28. The molecule has 1 heterocycles. The molecule has 0 bridgehead atoms. The number of carbonyl (C=O) groups is 1. The van der Waals surface area contributed by atoms with Crippen molar-refractivity contribution in [2.45, 2.75) is 4.90 Å². The highest BCUT2D eigenvalue weighted by Gasteiger charge is 2.09. The molecule has 0 fully saturated rings. The summed E-state index contributed by atoms with van der Waals surface area (Å²) in [6, 6.07) is 11.4. The lowest BCUT2D eigenvalue weighted by atomic mass is 10.2. The van der Waals surface area contributed by atoms with Gasteiger partial charge in [-0.1, -0.05) is 18.2 Å². The number of nitrogens with zero attached hydrogens (tertiary/aromatic N) is 1. The summed E-state index contributed by atoms with van der Waals surface area (Å²) in [6.07, 6.45) is 3.10. The first kappa shape index (κ1) is 11.7. The van der Waals surface area contributed by atoms with Crippen molar-refractivity contribution >= 4 is 23.2 Å². The van der Waals surface area contributed by atoms with Gasteiger partial charge in [-0.3, -0.25) is 9.78 Å². The Morgan fingerprint density at radius 1 is 1.24 bits per heavy atom. The van der Waals surface area contributed by atoms with E-state index in [-0.39, 0.29) is 5.78 Å². The van der Waals surface area contributed by atoms with Gasteiger partial charge in [-0.15, -0.1) is 11.8 Å². The summed E-state index contributed by atoms with van der Waals surface area (Å²) in [5.74, 6) is 0.379. The lowest BCUT2D eigenvalue weighted by Gasteiger charge is -2.03. The average Bonchev–Trinajstić information content (AvgIpc) is 2.38. The number of aromatic nitrogens is 1. The highest BCUT2D eigenvalue weighted by molar-refractivity contribution is 8.00.